The van der Waals surface area contributed by atoms with Crippen molar-refractivity contribution in [3.8, 4) is 17.0 Å². The minimum absolute atomic E-state index is 0.447. The summed E-state index contributed by atoms with van der Waals surface area (Å²) in [6.07, 6.45) is 1.78. The van der Waals surface area contributed by atoms with E-state index >= 15 is 0 Å². The normalized spacial score (nSPS) is 9.83. The zero-order chi connectivity index (χ0) is 21.6. The Balaban J connectivity index is 0.000000211. The number of phenols is 1. The van der Waals surface area contributed by atoms with Crippen molar-refractivity contribution in [1.29, 1.82) is 0 Å². The molecule has 0 aliphatic carbocycles. The van der Waals surface area contributed by atoms with Crippen molar-refractivity contribution in [1.82, 2.24) is 9.97 Å². The first-order valence-electron chi connectivity index (χ1n) is 7.86. The van der Waals surface area contributed by atoms with Gasteiger partial charge in [-0.1, -0.05) is 30.3 Å². The van der Waals surface area contributed by atoms with Crippen molar-refractivity contribution >= 4 is 17.1 Å². The number of rotatable bonds is 4. The highest BCUT2D eigenvalue weighted by Crippen LogP contribution is 2.38. The second kappa shape index (κ2) is 8.94. The van der Waals surface area contributed by atoms with Gasteiger partial charge in [0.2, 0.25) is 0 Å². The van der Waals surface area contributed by atoms with E-state index in [1.165, 1.54) is 0 Å². The molecule has 12 heteroatoms. The number of nitro benzene ring substituents is 3. The standard InChI is InChI=1S/C11H10N2.C6H3N3O7/c1-9-12-8-7-11(13-9)10-5-3-2-4-6-10;10-6-4(8(13)14)1-3(7(11)12)2-5(6)9(15)16/h2-8H,1H3;1-2,10H. The van der Waals surface area contributed by atoms with Crippen LogP contribution in [0.4, 0.5) is 17.1 Å². The van der Waals surface area contributed by atoms with E-state index in [1.54, 1.807) is 6.20 Å². The number of hydrogen-bond donors (Lipinski definition) is 1. The van der Waals surface area contributed by atoms with Crippen LogP contribution in [0, 0.1) is 37.3 Å². The molecule has 0 bridgehead atoms. The van der Waals surface area contributed by atoms with Crippen LogP contribution >= 0.6 is 0 Å². The van der Waals surface area contributed by atoms with Crippen LogP contribution < -0.4 is 0 Å². The Morgan fingerprint density at radius 2 is 1.41 bits per heavy atom. The zero-order valence-corrected chi connectivity index (χ0v) is 14.8. The fourth-order valence-corrected chi connectivity index (χ4v) is 2.20. The maximum Gasteiger partial charge on any atom is 0.324 e. The lowest BCUT2D eigenvalue weighted by atomic mass is 10.1. The zero-order valence-electron chi connectivity index (χ0n) is 14.8. The number of non-ortho nitro benzene ring substituents is 1. The average Bonchev–Trinajstić information content (AvgIpc) is 2.68. The second-order valence-corrected chi connectivity index (χ2v) is 5.46. The Kier molecular flexibility index (Phi) is 6.42. The maximum absolute atomic E-state index is 10.4. The molecule has 0 saturated heterocycles. The van der Waals surface area contributed by atoms with Crippen LogP contribution in [0.1, 0.15) is 5.82 Å². The molecular weight excluding hydrogens is 386 g/mol. The van der Waals surface area contributed by atoms with Gasteiger partial charge >= 0.3 is 11.4 Å². The van der Waals surface area contributed by atoms with E-state index in [0.717, 1.165) is 17.1 Å². The summed E-state index contributed by atoms with van der Waals surface area (Å²) in [5, 5.41) is 40.2. The van der Waals surface area contributed by atoms with E-state index in [2.05, 4.69) is 9.97 Å². The van der Waals surface area contributed by atoms with E-state index in [4.69, 9.17) is 5.11 Å². The monoisotopic (exact) mass is 399 g/mol. The van der Waals surface area contributed by atoms with Gasteiger partial charge in [-0.05, 0) is 13.0 Å². The molecule has 0 saturated carbocycles. The molecule has 0 amide bonds. The molecule has 0 spiro atoms. The van der Waals surface area contributed by atoms with Crippen LogP contribution in [0.25, 0.3) is 11.3 Å². The third-order valence-corrected chi connectivity index (χ3v) is 3.50. The van der Waals surface area contributed by atoms with Crippen molar-refractivity contribution in [2.45, 2.75) is 6.92 Å². The van der Waals surface area contributed by atoms with Gasteiger partial charge in [0.25, 0.3) is 11.4 Å². The van der Waals surface area contributed by atoms with E-state index in [0.29, 0.717) is 12.1 Å². The molecular formula is C17H13N5O7. The molecule has 1 heterocycles. The van der Waals surface area contributed by atoms with Gasteiger partial charge in [-0.15, -0.1) is 0 Å². The van der Waals surface area contributed by atoms with Crippen LogP contribution in [0.5, 0.6) is 5.75 Å². The molecule has 0 aliphatic heterocycles. The predicted octanol–water partition coefficient (Wildman–Crippen LogP) is 3.57. The number of nitro groups is 3. The summed E-state index contributed by atoms with van der Waals surface area (Å²) in [6.45, 7) is 1.90. The quantitative estimate of drug-likeness (QED) is 0.507. The minimum Gasteiger partial charge on any atom is -0.497 e. The van der Waals surface area contributed by atoms with Crippen molar-refractivity contribution < 1.29 is 19.9 Å². The molecule has 1 aromatic heterocycles. The lowest BCUT2D eigenvalue weighted by molar-refractivity contribution is -0.404. The summed E-state index contributed by atoms with van der Waals surface area (Å²) >= 11 is 0. The minimum atomic E-state index is -1.21. The summed E-state index contributed by atoms with van der Waals surface area (Å²) in [7, 11) is 0. The van der Waals surface area contributed by atoms with Gasteiger partial charge in [-0.25, -0.2) is 9.97 Å². The average molecular weight is 399 g/mol. The van der Waals surface area contributed by atoms with Crippen molar-refractivity contribution in [3.63, 3.8) is 0 Å². The van der Waals surface area contributed by atoms with E-state index in [9.17, 15) is 30.3 Å². The molecule has 1 N–H and O–H groups in total. The molecule has 29 heavy (non-hydrogen) atoms. The van der Waals surface area contributed by atoms with E-state index in [1.807, 2.05) is 43.3 Å². The van der Waals surface area contributed by atoms with E-state index < -0.39 is 37.6 Å². The summed E-state index contributed by atoms with van der Waals surface area (Å²) in [4.78, 5) is 36.2. The number of aromatic hydroxyl groups is 1. The highest BCUT2D eigenvalue weighted by atomic mass is 16.6. The van der Waals surface area contributed by atoms with Gasteiger partial charge in [0.1, 0.15) is 5.82 Å². The summed E-state index contributed by atoms with van der Waals surface area (Å²) in [5.41, 5.74) is -0.890. The molecule has 0 aliphatic rings. The van der Waals surface area contributed by atoms with Gasteiger partial charge in [0.05, 0.1) is 32.6 Å². The van der Waals surface area contributed by atoms with Crippen LogP contribution in [0.15, 0.2) is 54.7 Å². The van der Waals surface area contributed by atoms with Crippen LogP contribution in [0.2, 0.25) is 0 Å². The first kappa shape index (κ1) is 20.8. The number of phenolic OH excluding ortho intramolecular Hbond substituents is 1. The van der Waals surface area contributed by atoms with Gasteiger partial charge in [0.15, 0.2) is 0 Å². The highest BCUT2D eigenvalue weighted by molar-refractivity contribution is 5.64. The van der Waals surface area contributed by atoms with Gasteiger partial charge in [0, 0.05) is 11.8 Å². The Bertz CT molecular complexity index is 1040. The topological polar surface area (TPSA) is 175 Å². The fraction of sp³-hybridized carbons (Fsp3) is 0.0588. The smallest absolute Gasteiger partial charge is 0.324 e. The Hall–Kier alpha value is -4.48. The van der Waals surface area contributed by atoms with Gasteiger partial charge < -0.3 is 5.11 Å². The third-order valence-electron chi connectivity index (χ3n) is 3.50. The maximum atomic E-state index is 10.4. The number of hydrogen-bond acceptors (Lipinski definition) is 9. The largest absolute Gasteiger partial charge is 0.497 e. The highest BCUT2D eigenvalue weighted by Gasteiger charge is 2.30. The molecule has 3 aromatic rings. The molecule has 0 radical (unpaired) electrons. The molecule has 0 fully saturated rings. The number of benzene rings is 2. The summed E-state index contributed by atoms with van der Waals surface area (Å²) in [5.74, 6) is -0.401. The molecule has 2 aromatic carbocycles. The first-order valence-corrected chi connectivity index (χ1v) is 7.86. The number of aromatic nitrogens is 2. The Morgan fingerprint density at radius 3 is 1.86 bits per heavy atom. The lowest BCUT2D eigenvalue weighted by Crippen LogP contribution is -1.97. The Labute approximate surface area is 162 Å². The Morgan fingerprint density at radius 1 is 0.862 bits per heavy atom. The van der Waals surface area contributed by atoms with Crippen LogP contribution in [-0.2, 0) is 0 Å². The fourth-order valence-electron chi connectivity index (χ4n) is 2.20. The summed E-state index contributed by atoms with van der Waals surface area (Å²) < 4.78 is 0. The summed E-state index contributed by atoms with van der Waals surface area (Å²) in [6, 6.07) is 12.9. The van der Waals surface area contributed by atoms with E-state index in [-0.39, 0.29) is 0 Å². The van der Waals surface area contributed by atoms with Crippen molar-refractivity contribution in [2.24, 2.45) is 0 Å². The first-order chi connectivity index (χ1) is 13.7. The molecule has 0 atom stereocenters. The van der Waals surface area contributed by atoms with Crippen LogP contribution in [0.3, 0.4) is 0 Å². The number of nitrogens with zero attached hydrogens (tertiary/aromatic N) is 5. The molecule has 0 unspecified atom stereocenters. The van der Waals surface area contributed by atoms with Gasteiger partial charge in [-0.2, -0.15) is 0 Å². The van der Waals surface area contributed by atoms with Crippen molar-refractivity contribution in [2.75, 3.05) is 0 Å². The molecule has 12 nitrogen and oxygen atoms in total. The van der Waals surface area contributed by atoms with Crippen LogP contribution in [-0.4, -0.2) is 29.8 Å². The SMILES string of the molecule is Cc1nccc(-c2ccccc2)n1.O=[N+]([O-])c1cc([N+](=O)[O-])c(O)c([N+](=O)[O-])c1. The second-order valence-electron chi connectivity index (χ2n) is 5.46. The molecule has 148 valence electrons. The predicted molar refractivity (Wildman–Crippen MR) is 100 cm³/mol. The lowest BCUT2D eigenvalue weighted by Gasteiger charge is -1.99. The number of aryl methyl sites for hydroxylation is 1. The van der Waals surface area contributed by atoms with Crippen molar-refractivity contribution in [3.05, 3.63) is 90.9 Å². The molecule has 3 rings (SSSR count). The van der Waals surface area contributed by atoms with Gasteiger partial charge in [-0.3, -0.25) is 30.3 Å². The third kappa shape index (κ3) is 5.26.